The highest BCUT2D eigenvalue weighted by Gasteiger charge is 2.49. The predicted octanol–water partition coefficient (Wildman–Crippen LogP) is 6.42. The van der Waals surface area contributed by atoms with Gasteiger partial charge in [0, 0.05) is 86.0 Å². The number of thiazole rings is 1. The molecule has 0 radical (unpaired) electrons. The Bertz CT molecular complexity index is 2390. The number of piperazine rings is 1. The number of nitrogens with one attached hydrogen (secondary N) is 2. The third kappa shape index (κ3) is 8.16. The summed E-state index contributed by atoms with van der Waals surface area (Å²) >= 11 is 1.52. The Balaban J connectivity index is 1.22. The Labute approximate surface area is 369 Å². The molecule has 4 aliphatic heterocycles. The van der Waals surface area contributed by atoms with Crippen LogP contribution in [0.1, 0.15) is 89.2 Å². The number of hydrogen-bond acceptors (Lipinski definition) is 11. The molecule has 1 aromatic carbocycles. The quantitative estimate of drug-likeness (QED) is 0.209. The number of nitrogens with zero attached hydrogens (tertiary/aromatic N) is 6. The minimum atomic E-state index is -0.840. The maximum atomic E-state index is 14.3. The topological polar surface area (TPSA) is 134 Å². The number of ether oxygens (including phenoxy) is 2. The van der Waals surface area contributed by atoms with Crippen molar-refractivity contribution in [3.05, 3.63) is 51.6 Å². The number of rotatable bonds is 6. The number of carbonyl (C=O) groups is 3. The van der Waals surface area contributed by atoms with Crippen molar-refractivity contribution in [2.45, 2.75) is 105 Å². The molecule has 332 valence electrons. The normalized spacial score (nSPS) is 26.8. The maximum absolute atomic E-state index is 14.3. The number of esters is 1. The summed E-state index contributed by atoms with van der Waals surface area (Å²) in [5.74, 6) is -0.350. The number of pyridine rings is 1. The van der Waals surface area contributed by atoms with Gasteiger partial charge in [-0.05, 0) is 86.2 Å². The van der Waals surface area contributed by atoms with E-state index in [0.717, 1.165) is 83.4 Å². The number of anilines is 1. The summed E-state index contributed by atoms with van der Waals surface area (Å²) in [6, 6.07) is 5.43. The smallest absolute Gasteiger partial charge is 0.324 e. The molecule has 5 aliphatic rings. The molecule has 3 aromatic heterocycles. The summed E-state index contributed by atoms with van der Waals surface area (Å²) in [5, 5.41) is 8.65. The van der Waals surface area contributed by atoms with Crippen LogP contribution < -0.4 is 15.6 Å². The lowest BCUT2D eigenvalue weighted by Crippen LogP contribution is -2.60. The van der Waals surface area contributed by atoms with Gasteiger partial charge in [0.05, 0.1) is 52.2 Å². The lowest BCUT2D eigenvalue weighted by molar-refractivity contribution is -0.155. The standard InChI is InChI=1S/C48H64N8O5S/c1-27-28(2)40(27)44(57)51-37-20-39-50-38(24-62-39)30-17-31-21-47(4,5)25-55-42(31)33(18-30)35(22-48(6,7)26-61-46(59)36-11-10-12-56(52-36)45(37)58)43(55)34-19-32(23-49-41(34)29(3)60-9)54-15-13-53(8)14-16-54/h17-19,23-24,27-29,36-37,40,52H,10-16,20-22,25-26H2,1-9H3,(H,51,57)/t27-,28+,29-,36-,37-,40?/m0/s1. The molecule has 2 N–H and O–H groups in total. The van der Waals surface area contributed by atoms with Gasteiger partial charge in [-0.2, -0.15) is 0 Å². The highest BCUT2D eigenvalue weighted by Crippen LogP contribution is 2.48. The molecule has 62 heavy (non-hydrogen) atoms. The van der Waals surface area contributed by atoms with Crippen LogP contribution in [-0.2, 0) is 49.7 Å². The van der Waals surface area contributed by atoms with Crippen molar-refractivity contribution in [2.75, 3.05) is 58.4 Å². The van der Waals surface area contributed by atoms with E-state index in [9.17, 15) is 14.4 Å². The second kappa shape index (κ2) is 16.3. The molecular weight excluding hydrogens is 801 g/mol. The lowest BCUT2D eigenvalue weighted by Gasteiger charge is -2.35. The Hall–Kier alpha value is -4.37. The number of hydrazine groups is 1. The van der Waals surface area contributed by atoms with Crippen LogP contribution in [0.5, 0.6) is 0 Å². The highest BCUT2D eigenvalue weighted by atomic mass is 32.1. The fourth-order valence-electron chi connectivity index (χ4n) is 10.4. The van der Waals surface area contributed by atoms with Gasteiger partial charge in [0.25, 0.3) is 5.91 Å². The van der Waals surface area contributed by atoms with Gasteiger partial charge in [-0.3, -0.25) is 24.4 Å². The molecule has 1 unspecified atom stereocenters. The van der Waals surface area contributed by atoms with E-state index in [1.54, 1.807) is 7.11 Å². The molecule has 7 heterocycles. The van der Waals surface area contributed by atoms with Crippen molar-refractivity contribution in [1.82, 2.24) is 35.2 Å². The minimum Gasteiger partial charge on any atom is -0.464 e. The van der Waals surface area contributed by atoms with Crippen LogP contribution in [-0.4, -0.2) is 108 Å². The van der Waals surface area contributed by atoms with Crippen LogP contribution in [0.4, 0.5) is 5.69 Å². The Kier molecular flexibility index (Phi) is 11.3. The largest absolute Gasteiger partial charge is 0.464 e. The van der Waals surface area contributed by atoms with E-state index >= 15 is 0 Å². The monoisotopic (exact) mass is 864 g/mol. The van der Waals surface area contributed by atoms with E-state index < -0.39 is 17.5 Å². The number of fused-ring (bicyclic) bond motifs is 6. The molecule has 1 saturated carbocycles. The average molecular weight is 865 g/mol. The van der Waals surface area contributed by atoms with Crippen molar-refractivity contribution in [3.63, 3.8) is 0 Å². The molecule has 9 rings (SSSR count). The number of likely N-dealkylation sites (N-methyl/N-ethyl adjacent to an activating group) is 1. The number of benzene rings is 1. The van der Waals surface area contributed by atoms with Crippen LogP contribution in [0.25, 0.3) is 33.4 Å². The van der Waals surface area contributed by atoms with Crippen LogP contribution in [0, 0.1) is 28.6 Å². The van der Waals surface area contributed by atoms with Crippen LogP contribution in [0.15, 0.2) is 29.8 Å². The summed E-state index contributed by atoms with van der Waals surface area (Å²) in [6.45, 7) is 20.5. The molecule has 1 aliphatic carbocycles. The molecule has 2 amide bonds. The van der Waals surface area contributed by atoms with Gasteiger partial charge >= 0.3 is 5.97 Å². The maximum Gasteiger partial charge on any atom is 0.324 e. The van der Waals surface area contributed by atoms with Gasteiger partial charge in [0.2, 0.25) is 5.91 Å². The fourth-order valence-corrected chi connectivity index (χ4v) is 11.3. The van der Waals surface area contributed by atoms with Gasteiger partial charge in [-0.15, -0.1) is 11.3 Å². The summed E-state index contributed by atoms with van der Waals surface area (Å²) in [6.07, 6.45) is 4.71. The van der Waals surface area contributed by atoms with E-state index in [-0.39, 0.29) is 60.1 Å². The molecule has 0 spiro atoms. The van der Waals surface area contributed by atoms with Gasteiger partial charge in [-0.1, -0.05) is 41.5 Å². The highest BCUT2D eigenvalue weighted by molar-refractivity contribution is 7.10. The predicted molar refractivity (Wildman–Crippen MR) is 243 cm³/mol. The number of amides is 2. The molecule has 4 aromatic rings. The molecule has 6 atom stereocenters. The van der Waals surface area contributed by atoms with Gasteiger partial charge in [0.15, 0.2) is 0 Å². The fraction of sp³-hybridized carbons (Fsp3) is 0.604. The summed E-state index contributed by atoms with van der Waals surface area (Å²) < 4.78 is 14.8. The molecule has 14 heteroatoms. The second-order valence-electron chi connectivity index (χ2n) is 20.5. The first-order valence-corrected chi connectivity index (χ1v) is 23.5. The number of carbonyl (C=O) groups excluding carboxylic acids is 3. The number of aromatic nitrogens is 3. The van der Waals surface area contributed by atoms with Crippen molar-refractivity contribution < 1.29 is 23.9 Å². The van der Waals surface area contributed by atoms with E-state index in [4.69, 9.17) is 19.4 Å². The van der Waals surface area contributed by atoms with Gasteiger partial charge in [0.1, 0.15) is 12.1 Å². The Morgan fingerprint density at radius 3 is 2.52 bits per heavy atom. The van der Waals surface area contributed by atoms with Crippen LogP contribution in [0.3, 0.4) is 0 Å². The van der Waals surface area contributed by atoms with E-state index in [0.29, 0.717) is 25.8 Å². The third-order valence-electron chi connectivity index (χ3n) is 14.3. The van der Waals surface area contributed by atoms with Crippen molar-refractivity contribution in [1.29, 1.82) is 0 Å². The van der Waals surface area contributed by atoms with E-state index in [1.165, 1.54) is 33.0 Å². The summed E-state index contributed by atoms with van der Waals surface area (Å²) in [5.41, 5.74) is 12.4. The van der Waals surface area contributed by atoms with Gasteiger partial charge < -0.3 is 29.2 Å². The SMILES string of the molecule is CO[C@@H](C)c1ncc(N2CCN(C)CC2)cc1-c1c2c3cc(cc4c3n1CC(C)(C)C4)-c1csc(n1)C[C@H](NC(=O)C1[C@@H](C)[C@H]1C)C(=O)N1CCC[C@H](N1)C(=O)OCC(C)(C)C2. The third-order valence-corrected chi connectivity index (χ3v) is 15.2. The lowest BCUT2D eigenvalue weighted by atomic mass is 9.81. The van der Waals surface area contributed by atoms with Crippen LogP contribution >= 0.6 is 11.3 Å². The molecular formula is C48H64N8O5S. The molecule has 3 fully saturated rings. The number of hydrogen-bond donors (Lipinski definition) is 2. The summed E-state index contributed by atoms with van der Waals surface area (Å²) in [4.78, 5) is 57.0. The van der Waals surface area contributed by atoms with Crippen molar-refractivity contribution in [3.8, 4) is 22.5 Å². The van der Waals surface area contributed by atoms with E-state index in [2.05, 4.69) is 104 Å². The van der Waals surface area contributed by atoms with Crippen molar-refractivity contribution in [2.24, 2.45) is 28.6 Å². The average Bonchev–Trinajstić information content (AvgIpc) is 3.49. The van der Waals surface area contributed by atoms with Gasteiger partial charge in [-0.25, -0.2) is 10.4 Å². The zero-order valence-corrected chi connectivity index (χ0v) is 38.8. The van der Waals surface area contributed by atoms with Crippen molar-refractivity contribution >= 4 is 45.7 Å². The Morgan fingerprint density at radius 2 is 1.79 bits per heavy atom. The molecule has 6 bridgehead atoms. The number of cyclic esters (lactones) is 1. The molecule has 2 saturated heterocycles. The first-order chi connectivity index (χ1) is 29.5. The summed E-state index contributed by atoms with van der Waals surface area (Å²) in [7, 11) is 3.92. The van der Waals surface area contributed by atoms with Crippen LogP contribution in [0.2, 0.25) is 0 Å². The second-order valence-corrected chi connectivity index (χ2v) is 21.4. The molecule has 13 nitrogen and oxygen atoms in total. The van der Waals surface area contributed by atoms with E-state index in [1.807, 2.05) is 6.20 Å². The number of methoxy groups -OCH3 is 1. The zero-order chi connectivity index (χ0) is 43.8. The Morgan fingerprint density at radius 1 is 1.03 bits per heavy atom. The first-order valence-electron chi connectivity index (χ1n) is 22.6. The minimum absolute atomic E-state index is 0.0604. The first kappa shape index (κ1) is 42.9. The zero-order valence-electron chi connectivity index (χ0n) is 38.0.